The van der Waals surface area contributed by atoms with Crippen LogP contribution in [0, 0.1) is 0 Å². The van der Waals surface area contributed by atoms with Crippen molar-refractivity contribution in [3.8, 4) is 0 Å². The standard InChI is InChI=1S/C14H13NO6/c1-14(21,13(19)20)10(11(16)12(17)18)8-6-15-9-5-3-2-4-7(8)9/h2-6,10,15,21H,1H3,(H,17,18)(H,19,20). The maximum absolute atomic E-state index is 11.9. The van der Waals surface area contributed by atoms with Gasteiger partial charge >= 0.3 is 11.9 Å². The molecular formula is C14H13NO6. The molecule has 0 fully saturated rings. The number of carboxylic acid groups (broad SMARTS) is 2. The topological polar surface area (TPSA) is 128 Å². The number of nitrogens with one attached hydrogen (secondary N) is 1. The molecule has 4 N–H and O–H groups in total. The van der Waals surface area contributed by atoms with Crippen LogP contribution in [0.3, 0.4) is 0 Å². The minimum atomic E-state index is -2.54. The van der Waals surface area contributed by atoms with Gasteiger partial charge in [0.25, 0.3) is 5.78 Å². The SMILES string of the molecule is CC(O)(C(=O)O)C(C(=O)C(=O)O)c1c[nH]c2ccccc12. The number of hydrogen-bond acceptors (Lipinski definition) is 4. The number of H-pyrrole nitrogens is 1. The van der Waals surface area contributed by atoms with E-state index in [1.165, 1.54) is 6.20 Å². The lowest BCUT2D eigenvalue weighted by atomic mass is 9.80. The van der Waals surface area contributed by atoms with Crippen molar-refractivity contribution < 1.29 is 29.7 Å². The summed E-state index contributed by atoms with van der Waals surface area (Å²) in [5.41, 5.74) is -1.80. The molecule has 7 heteroatoms. The summed E-state index contributed by atoms with van der Waals surface area (Å²) in [6, 6.07) is 6.70. The highest BCUT2D eigenvalue weighted by atomic mass is 16.4. The first-order valence-corrected chi connectivity index (χ1v) is 6.05. The van der Waals surface area contributed by atoms with Crippen molar-refractivity contribution in [3.63, 3.8) is 0 Å². The average molecular weight is 291 g/mol. The second kappa shape index (κ2) is 5.02. The van der Waals surface area contributed by atoms with Crippen molar-refractivity contribution in [1.82, 2.24) is 4.98 Å². The van der Waals surface area contributed by atoms with Crippen molar-refractivity contribution in [1.29, 1.82) is 0 Å². The lowest BCUT2D eigenvalue weighted by molar-refractivity contribution is -0.164. The summed E-state index contributed by atoms with van der Waals surface area (Å²) >= 11 is 0. The van der Waals surface area contributed by atoms with Gasteiger partial charge in [0, 0.05) is 17.1 Å². The summed E-state index contributed by atoms with van der Waals surface area (Å²) in [6.45, 7) is 0.905. The van der Waals surface area contributed by atoms with Gasteiger partial charge in [-0.25, -0.2) is 9.59 Å². The number of aromatic amines is 1. The van der Waals surface area contributed by atoms with E-state index in [2.05, 4.69) is 4.98 Å². The van der Waals surface area contributed by atoms with Crippen LogP contribution >= 0.6 is 0 Å². The molecule has 0 saturated heterocycles. The van der Waals surface area contributed by atoms with Gasteiger partial charge in [-0.1, -0.05) is 18.2 Å². The highest BCUT2D eigenvalue weighted by Gasteiger charge is 2.48. The number of hydrogen-bond donors (Lipinski definition) is 4. The van der Waals surface area contributed by atoms with Crippen LogP contribution in [0.15, 0.2) is 30.5 Å². The Balaban J connectivity index is 2.68. The maximum atomic E-state index is 11.9. The molecule has 0 bridgehead atoms. The van der Waals surface area contributed by atoms with Crippen LogP contribution in [0.5, 0.6) is 0 Å². The van der Waals surface area contributed by atoms with Gasteiger partial charge in [-0.3, -0.25) is 4.79 Å². The first-order valence-electron chi connectivity index (χ1n) is 6.05. The second-order valence-corrected chi connectivity index (χ2v) is 4.84. The van der Waals surface area contributed by atoms with Gasteiger partial charge in [0.2, 0.25) is 0 Å². The number of Topliss-reactive ketones (excluding diaryl/α,β-unsaturated/α-hetero) is 1. The fourth-order valence-electron chi connectivity index (χ4n) is 2.28. The number of aromatic nitrogens is 1. The minimum Gasteiger partial charge on any atom is -0.479 e. The van der Waals surface area contributed by atoms with Crippen molar-refractivity contribution in [2.75, 3.05) is 0 Å². The highest BCUT2D eigenvalue weighted by molar-refractivity contribution is 6.36. The molecular weight excluding hydrogens is 278 g/mol. The summed E-state index contributed by atoms with van der Waals surface area (Å²) in [6.07, 6.45) is 1.34. The van der Waals surface area contributed by atoms with Gasteiger partial charge in [0.15, 0.2) is 5.60 Å². The number of aliphatic carboxylic acids is 2. The molecule has 0 aliphatic carbocycles. The number of carboxylic acids is 2. The Labute approximate surface area is 118 Å². The lowest BCUT2D eigenvalue weighted by Gasteiger charge is -2.26. The Bertz CT molecular complexity index is 730. The molecule has 21 heavy (non-hydrogen) atoms. The number of ketones is 1. The molecule has 110 valence electrons. The number of carbonyl (C=O) groups excluding carboxylic acids is 1. The first kappa shape index (κ1) is 14.7. The Hall–Kier alpha value is -2.67. The van der Waals surface area contributed by atoms with E-state index in [0.29, 0.717) is 10.9 Å². The number of benzene rings is 1. The van der Waals surface area contributed by atoms with E-state index < -0.39 is 29.2 Å². The van der Waals surface area contributed by atoms with Gasteiger partial charge < -0.3 is 20.3 Å². The van der Waals surface area contributed by atoms with Gasteiger partial charge in [0.05, 0.1) is 5.92 Å². The molecule has 1 heterocycles. The van der Waals surface area contributed by atoms with Crippen molar-refractivity contribution >= 4 is 28.6 Å². The van der Waals surface area contributed by atoms with E-state index in [4.69, 9.17) is 10.2 Å². The summed E-state index contributed by atoms with van der Waals surface area (Å²) in [4.78, 5) is 36.9. The van der Waals surface area contributed by atoms with Crippen LogP contribution in [-0.2, 0) is 14.4 Å². The fourth-order valence-corrected chi connectivity index (χ4v) is 2.28. The van der Waals surface area contributed by atoms with Crippen LogP contribution in [0.2, 0.25) is 0 Å². The molecule has 1 aromatic heterocycles. The zero-order valence-electron chi connectivity index (χ0n) is 11.0. The molecule has 0 amide bonds. The molecule has 0 saturated carbocycles. The van der Waals surface area contributed by atoms with Crippen molar-refractivity contribution in [2.45, 2.75) is 18.4 Å². The van der Waals surface area contributed by atoms with Gasteiger partial charge in [0.1, 0.15) is 0 Å². The predicted molar refractivity (Wildman–Crippen MR) is 71.9 cm³/mol. The largest absolute Gasteiger partial charge is 0.479 e. The van der Waals surface area contributed by atoms with Crippen LogP contribution in [-0.4, -0.2) is 43.6 Å². The van der Waals surface area contributed by atoms with E-state index in [9.17, 15) is 19.5 Å². The number of fused-ring (bicyclic) bond motifs is 1. The van der Waals surface area contributed by atoms with Crippen molar-refractivity contribution in [2.24, 2.45) is 0 Å². The number of aliphatic hydroxyl groups is 1. The molecule has 2 unspecified atom stereocenters. The molecule has 1 aromatic carbocycles. The zero-order chi connectivity index (χ0) is 15.8. The molecule has 0 aliphatic heterocycles. The Kier molecular flexibility index (Phi) is 3.52. The Morgan fingerprint density at radius 1 is 1.19 bits per heavy atom. The van der Waals surface area contributed by atoms with E-state index >= 15 is 0 Å². The van der Waals surface area contributed by atoms with Crippen LogP contribution in [0.25, 0.3) is 10.9 Å². The number of carbonyl (C=O) groups is 3. The smallest absolute Gasteiger partial charge is 0.372 e. The Morgan fingerprint density at radius 2 is 1.81 bits per heavy atom. The van der Waals surface area contributed by atoms with E-state index in [1.807, 2.05) is 0 Å². The van der Waals surface area contributed by atoms with E-state index in [1.54, 1.807) is 24.3 Å². The molecule has 0 spiro atoms. The van der Waals surface area contributed by atoms with Crippen LogP contribution < -0.4 is 0 Å². The Morgan fingerprint density at radius 3 is 2.38 bits per heavy atom. The monoisotopic (exact) mass is 291 g/mol. The quantitative estimate of drug-likeness (QED) is 0.602. The molecule has 0 radical (unpaired) electrons. The second-order valence-electron chi connectivity index (χ2n) is 4.84. The van der Waals surface area contributed by atoms with Crippen LogP contribution in [0.1, 0.15) is 18.4 Å². The summed E-state index contributed by atoms with van der Waals surface area (Å²) < 4.78 is 0. The molecule has 2 rings (SSSR count). The molecule has 2 aromatic rings. The van der Waals surface area contributed by atoms with Crippen LogP contribution in [0.4, 0.5) is 0 Å². The third-order valence-corrected chi connectivity index (χ3v) is 3.40. The third-order valence-electron chi connectivity index (χ3n) is 3.40. The third kappa shape index (κ3) is 2.38. The fraction of sp³-hybridized carbons (Fsp3) is 0.214. The van der Waals surface area contributed by atoms with Gasteiger partial charge in [-0.15, -0.1) is 0 Å². The summed E-state index contributed by atoms with van der Waals surface area (Å²) in [5.74, 6) is -6.57. The van der Waals surface area contributed by atoms with E-state index in [-0.39, 0.29) is 5.56 Å². The summed E-state index contributed by atoms with van der Waals surface area (Å²) in [7, 11) is 0. The zero-order valence-corrected chi connectivity index (χ0v) is 11.0. The molecule has 2 atom stereocenters. The predicted octanol–water partition coefficient (Wildman–Crippen LogP) is 0.741. The highest BCUT2D eigenvalue weighted by Crippen LogP contribution is 2.34. The normalized spacial score (nSPS) is 15.3. The first-order chi connectivity index (χ1) is 9.76. The molecule has 7 nitrogen and oxygen atoms in total. The van der Waals surface area contributed by atoms with Crippen molar-refractivity contribution in [3.05, 3.63) is 36.0 Å². The van der Waals surface area contributed by atoms with Gasteiger partial charge in [-0.05, 0) is 18.6 Å². The van der Waals surface area contributed by atoms with E-state index in [0.717, 1.165) is 6.92 Å². The maximum Gasteiger partial charge on any atom is 0.372 e. The number of para-hydroxylation sites is 1. The lowest BCUT2D eigenvalue weighted by Crippen LogP contribution is -2.46. The summed E-state index contributed by atoms with van der Waals surface area (Å²) in [5, 5.41) is 28.6. The average Bonchev–Trinajstić information content (AvgIpc) is 2.82. The van der Waals surface area contributed by atoms with Gasteiger partial charge in [-0.2, -0.15) is 0 Å². The number of rotatable bonds is 5. The molecule has 0 aliphatic rings. The minimum absolute atomic E-state index is 0.130.